The predicted octanol–water partition coefficient (Wildman–Crippen LogP) is 4.01. The number of nitriles is 1. The van der Waals surface area contributed by atoms with Crippen molar-refractivity contribution in [2.24, 2.45) is 10.9 Å². The standard InChI is InChI=1S/C22H16N2O4/c23-11-17-21(27)20-16(2-1-3-18(20)24-22(17)28)13-6-4-12(5-7-13)15-9-8-14(25)10-19(15)26/h1-10,18,20,25-27H,(H,24,28). The molecule has 0 radical (unpaired) electrons. The number of hydrogen-bond acceptors (Lipinski definition) is 5. The van der Waals surface area contributed by atoms with Crippen LogP contribution >= 0.6 is 0 Å². The zero-order valence-electron chi connectivity index (χ0n) is 14.6. The summed E-state index contributed by atoms with van der Waals surface area (Å²) in [5, 5.41) is 49.1. The van der Waals surface area contributed by atoms with Gasteiger partial charge in [-0.15, -0.1) is 0 Å². The minimum atomic E-state index is -0.552. The zero-order chi connectivity index (χ0) is 19.8. The highest BCUT2D eigenvalue weighted by Gasteiger charge is 2.36. The summed E-state index contributed by atoms with van der Waals surface area (Å²) in [6.07, 6.45) is 5.41. The molecule has 4 rings (SSSR count). The third-order valence-corrected chi connectivity index (χ3v) is 4.93. The van der Waals surface area contributed by atoms with Crippen molar-refractivity contribution in [2.75, 3.05) is 0 Å². The first kappa shape index (κ1) is 17.4. The van der Waals surface area contributed by atoms with Gasteiger partial charge in [0.2, 0.25) is 5.90 Å². The minimum Gasteiger partial charge on any atom is -0.510 e. The van der Waals surface area contributed by atoms with E-state index in [4.69, 9.17) is 0 Å². The van der Waals surface area contributed by atoms with Crippen LogP contribution in [0.25, 0.3) is 16.7 Å². The first-order chi connectivity index (χ1) is 13.5. The van der Waals surface area contributed by atoms with Gasteiger partial charge in [0, 0.05) is 11.6 Å². The number of phenols is 2. The van der Waals surface area contributed by atoms with E-state index in [1.807, 2.05) is 30.3 Å². The topological polar surface area (TPSA) is 117 Å². The van der Waals surface area contributed by atoms with Crippen molar-refractivity contribution in [3.63, 3.8) is 0 Å². The fourth-order valence-electron chi connectivity index (χ4n) is 3.56. The molecule has 6 nitrogen and oxygen atoms in total. The lowest BCUT2D eigenvalue weighted by atomic mass is 9.79. The second-order valence-corrected chi connectivity index (χ2v) is 6.58. The van der Waals surface area contributed by atoms with Gasteiger partial charge in [-0.3, -0.25) is 0 Å². The Morgan fingerprint density at radius 1 is 0.929 bits per heavy atom. The number of dihydropyridines is 1. The molecule has 2 aliphatic rings. The van der Waals surface area contributed by atoms with Gasteiger partial charge in [-0.1, -0.05) is 42.5 Å². The van der Waals surface area contributed by atoms with Crippen LogP contribution in [0.5, 0.6) is 11.5 Å². The molecule has 0 amide bonds. The van der Waals surface area contributed by atoms with Crippen molar-refractivity contribution in [1.29, 1.82) is 5.26 Å². The van der Waals surface area contributed by atoms with E-state index < -0.39 is 17.9 Å². The lowest BCUT2D eigenvalue weighted by Crippen LogP contribution is -2.30. The van der Waals surface area contributed by atoms with Crippen LogP contribution in [0.3, 0.4) is 0 Å². The summed E-state index contributed by atoms with van der Waals surface area (Å²) in [5.41, 5.74) is 2.73. The number of aromatic hydroxyl groups is 2. The summed E-state index contributed by atoms with van der Waals surface area (Å²) in [5.74, 6) is -1.24. The molecule has 2 atom stereocenters. The first-order valence-electron chi connectivity index (χ1n) is 8.61. The van der Waals surface area contributed by atoms with Crippen molar-refractivity contribution in [2.45, 2.75) is 6.04 Å². The number of nitrogens with zero attached hydrogens (tertiary/aromatic N) is 2. The first-order valence-corrected chi connectivity index (χ1v) is 8.61. The fraction of sp³-hybridized carbons (Fsp3) is 0.0909. The Morgan fingerprint density at radius 2 is 1.64 bits per heavy atom. The molecular formula is C22H16N2O4. The van der Waals surface area contributed by atoms with Gasteiger partial charge >= 0.3 is 0 Å². The van der Waals surface area contributed by atoms with Gasteiger partial charge in [0.15, 0.2) is 5.57 Å². The van der Waals surface area contributed by atoms with E-state index >= 15 is 0 Å². The highest BCUT2D eigenvalue weighted by molar-refractivity contribution is 5.98. The summed E-state index contributed by atoms with van der Waals surface area (Å²) in [6, 6.07) is 13.1. The number of benzene rings is 2. The van der Waals surface area contributed by atoms with E-state index in [0.717, 1.165) is 16.7 Å². The molecule has 1 aliphatic heterocycles. The Kier molecular flexibility index (Phi) is 4.13. The number of aliphatic hydroxyl groups excluding tert-OH is 2. The summed E-state index contributed by atoms with van der Waals surface area (Å²) in [7, 11) is 0. The van der Waals surface area contributed by atoms with Gasteiger partial charge in [-0.05, 0) is 28.8 Å². The van der Waals surface area contributed by atoms with Crippen molar-refractivity contribution < 1.29 is 20.4 Å². The molecule has 1 heterocycles. The normalized spacial score (nSPS) is 20.8. The molecule has 28 heavy (non-hydrogen) atoms. The molecule has 2 aromatic carbocycles. The van der Waals surface area contributed by atoms with Gasteiger partial charge < -0.3 is 20.4 Å². The zero-order valence-corrected chi connectivity index (χ0v) is 14.6. The van der Waals surface area contributed by atoms with Gasteiger partial charge in [-0.25, -0.2) is 4.99 Å². The Balaban J connectivity index is 1.72. The summed E-state index contributed by atoms with van der Waals surface area (Å²) >= 11 is 0. The molecule has 1 aliphatic carbocycles. The Bertz CT molecular complexity index is 1120. The number of aliphatic hydroxyl groups is 2. The van der Waals surface area contributed by atoms with E-state index in [-0.39, 0.29) is 22.8 Å². The number of aliphatic imine (C=N–C) groups is 1. The van der Waals surface area contributed by atoms with Gasteiger partial charge in [0.1, 0.15) is 23.3 Å². The average molecular weight is 372 g/mol. The van der Waals surface area contributed by atoms with Crippen molar-refractivity contribution in [3.8, 4) is 28.7 Å². The van der Waals surface area contributed by atoms with E-state index in [9.17, 15) is 25.7 Å². The smallest absolute Gasteiger partial charge is 0.228 e. The lowest BCUT2D eigenvalue weighted by molar-refractivity contribution is 0.337. The van der Waals surface area contributed by atoms with Crippen LogP contribution in [0.15, 0.2) is 77.0 Å². The van der Waals surface area contributed by atoms with E-state index in [1.165, 1.54) is 12.1 Å². The molecule has 2 unspecified atom stereocenters. The van der Waals surface area contributed by atoms with Crippen molar-refractivity contribution >= 4 is 11.5 Å². The largest absolute Gasteiger partial charge is 0.510 e. The molecule has 0 saturated heterocycles. The highest BCUT2D eigenvalue weighted by atomic mass is 16.3. The van der Waals surface area contributed by atoms with E-state index in [2.05, 4.69) is 4.99 Å². The maximum Gasteiger partial charge on any atom is 0.228 e. The van der Waals surface area contributed by atoms with E-state index in [0.29, 0.717) is 5.56 Å². The molecule has 138 valence electrons. The second kappa shape index (κ2) is 6.63. The van der Waals surface area contributed by atoms with Crippen molar-refractivity contribution in [3.05, 3.63) is 77.6 Å². The van der Waals surface area contributed by atoms with Crippen LogP contribution in [0.2, 0.25) is 0 Å². The van der Waals surface area contributed by atoms with Crippen LogP contribution in [0.1, 0.15) is 5.56 Å². The number of rotatable bonds is 2. The van der Waals surface area contributed by atoms with Crippen molar-refractivity contribution in [1.82, 2.24) is 0 Å². The minimum absolute atomic E-state index is 0.0141. The highest BCUT2D eigenvalue weighted by Crippen LogP contribution is 2.40. The number of fused-ring (bicyclic) bond motifs is 1. The van der Waals surface area contributed by atoms with Crippen LogP contribution in [0, 0.1) is 17.2 Å². The SMILES string of the molecule is N#CC1=C(O)C2C(c3ccc(-c4ccc(O)cc4O)cc3)=CC=CC2N=C1O. The number of phenolic OH excluding ortho intramolecular Hbond substituents is 2. The van der Waals surface area contributed by atoms with Crippen LogP contribution in [-0.4, -0.2) is 32.4 Å². The molecule has 2 aromatic rings. The molecule has 0 saturated carbocycles. The van der Waals surface area contributed by atoms with Crippen LogP contribution in [0.4, 0.5) is 0 Å². The lowest BCUT2D eigenvalue weighted by Gasteiger charge is -2.30. The predicted molar refractivity (Wildman–Crippen MR) is 105 cm³/mol. The Hall–Kier alpha value is -3.98. The monoisotopic (exact) mass is 372 g/mol. The third kappa shape index (κ3) is 2.79. The summed E-state index contributed by atoms with van der Waals surface area (Å²) < 4.78 is 0. The van der Waals surface area contributed by atoms with Gasteiger partial charge in [0.25, 0.3) is 0 Å². The van der Waals surface area contributed by atoms with Gasteiger partial charge in [0.05, 0.1) is 12.0 Å². The third-order valence-electron chi connectivity index (χ3n) is 4.93. The summed E-state index contributed by atoms with van der Waals surface area (Å²) in [6.45, 7) is 0. The quantitative estimate of drug-likeness (QED) is 0.635. The Labute approximate surface area is 161 Å². The van der Waals surface area contributed by atoms with Crippen LogP contribution in [-0.2, 0) is 0 Å². The molecule has 0 aromatic heterocycles. The van der Waals surface area contributed by atoms with Gasteiger partial charge in [-0.2, -0.15) is 5.26 Å². The molecule has 6 heteroatoms. The molecule has 0 fully saturated rings. The Morgan fingerprint density at radius 3 is 2.32 bits per heavy atom. The molecular weight excluding hydrogens is 356 g/mol. The fourth-order valence-corrected chi connectivity index (χ4v) is 3.56. The number of allylic oxidation sites excluding steroid dienone is 2. The average Bonchev–Trinajstić information content (AvgIpc) is 2.68. The maximum atomic E-state index is 10.5. The molecule has 4 N–H and O–H groups in total. The number of hydrogen-bond donors (Lipinski definition) is 4. The second-order valence-electron chi connectivity index (χ2n) is 6.58. The maximum absolute atomic E-state index is 10.5. The van der Waals surface area contributed by atoms with E-state index in [1.54, 1.807) is 24.3 Å². The molecule has 0 bridgehead atoms. The summed E-state index contributed by atoms with van der Waals surface area (Å²) in [4.78, 5) is 4.12. The van der Waals surface area contributed by atoms with Crippen LogP contribution < -0.4 is 0 Å². The molecule has 0 spiro atoms.